The SMILES string of the molecule is O=C(CCn1cnc2ccccc2c1=O)N1CCCN(S(=O)(=O)c2cnc[nH]2)CC1. The van der Waals surface area contributed by atoms with Gasteiger partial charge in [-0.1, -0.05) is 12.1 Å². The number of imidazole rings is 1. The van der Waals surface area contributed by atoms with E-state index in [1.54, 1.807) is 23.1 Å². The van der Waals surface area contributed by atoms with Gasteiger partial charge >= 0.3 is 0 Å². The lowest BCUT2D eigenvalue weighted by Crippen LogP contribution is -2.38. The van der Waals surface area contributed by atoms with E-state index in [4.69, 9.17) is 0 Å². The summed E-state index contributed by atoms with van der Waals surface area (Å²) in [5.74, 6) is -0.115. The number of aromatic amines is 1. The van der Waals surface area contributed by atoms with Crippen LogP contribution in [0.1, 0.15) is 12.8 Å². The third-order valence-corrected chi connectivity index (χ3v) is 7.02. The number of H-pyrrole nitrogens is 1. The summed E-state index contributed by atoms with van der Waals surface area (Å²) in [6.07, 6.45) is 4.74. The van der Waals surface area contributed by atoms with E-state index in [0.717, 1.165) is 0 Å². The van der Waals surface area contributed by atoms with Crippen LogP contribution in [-0.2, 0) is 21.4 Å². The molecule has 1 amide bonds. The number of carbonyl (C=O) groups is 1. The minimum Gasteiger partial charge on any atom is -0.341 e. The highest BCUT2D eigenvalue weighted by atomic mass is 32.2. The topological polar surface area (TPSA) is 121 Å². The molecule has 0 unspecified atom stereocenters. The van der Waals surface area contributed by atoms with Crippen molar-refractivity contribution in [3.63, 3.8) is 0 Å². The number of aromatic nitrogens is 4. The average Bonchev–Trinajstić information content (AvgIpc) is 3.18. The molecule has 0 aliphatic carbocycles. The van der Waals surface area contributed by atoms with Gasteiger partial charge in [-0.2, -0.15) is 4.31 Å². The van der Waals surface area contributed by atoms with Crippen molar-refractivity contribution >= 4 is 26.8 Å². The van der Waals surface area contributed by atoms with Gasteiger partial charge in [0.1, 0.15) is 0 Å². The maximum absolute atomic E-state index is 12.7. The third kappa shape index (κ3) is 3.98. The fourth-order valence-electron chi connectivity index (χ4n) is 3.55. The molecule has 11 heteroatoms. The van der Waals surface area contributed by atoms with Crippen LogP contribution in [0.25, 0.3) is 10.9 Å². The van der Waals surface area contributed by atoms with Crippen molar-refractivity contribution in [1.29, 1.82) is 0 Å². The number of fused-ring (bicyclic) bond motifs is 1. The number of hydrogen-bond acceptors (Lipinski definition) is 6. The first kappa shape index (κ1) is 20.2. The van der Waals surface area contributed by atoms with Crippen molar-refractivity contribution in [3.05, 3.63) is 53.5 Å². The van der Waals surface area contributed by atoms with Crippen LogP contribution in [0.15, 0.2) is 52.9 Å². The molecule has 3 aromatic rings. The molecular formula is C19H22N6O4S. The minimum absolute atomic E-state index is 0.0467. The molecule has 0 spiro atoms. The molecule has 0 bridgehead atoms. The number of aryl methyl sites for hydroxylation is 1. The predicted molar refractivity (Wildman–Crippen MR) is 109 cm³/mol. The van der Waals surface area contributed by atoms with Crippen LogP contribution in [0, 0.1) is 0 Å². The van der Waals surface area contributed by atoms with Crippen LogP contribution in [0.4, 0.5) is 0 Å². The number of amides is 1. The Morgan fingerprint density at radius 2 is 1.97 bits per heavy atom. The van der Waals surface area contributed by atoms with Crippen LogP contribution in [0.5, 0.6) is 0 Å². The van der Waals surface area contributed by atoms with Gasteiger partial charge in [0.05, 0.1) is 29.8 Å². The van der Waals surface area contributed by atoms with Crippen LogP contribution < -0.4 is 5.56 Å². The monoisotopic (exact) mass is 430 g/mol. The highest BCUT2D eigenvalue weighted by Crippen LogP contribution is 2.15. The molecule has 1 aromatic carbocycles. The number of para-hydroxylation sites is 1. The van der Waals surface area contributed by atoms with Gasteiger partial charge in [0.2, 0.25) is 5.91 Å². The van der Waals surface area contributed by atoms with Gasteiger partial charge in [-0.05, 0) is 18.6 Å². The molecule has 0 saturated carbocycles. The standard InChI is InChI=1S/C19H22N6O4S/c26-18(6-9-24-14-22-16-5-2-1-4-15(16)19(24)27)23-7-3-8-25(11-10-23)30(28,29)17-12-20-13-21-17/h1-2,4-5,12-14H,3,6-11H2,(H,20,21). The van der Waals surface area contributed by atoms with Gasteiger partial charge in [-0.15, -0.1) is 0 Å². The van der Waals surface area contributed by atoms with Crippen LogP contribution in [-0.4, -0.2) is 69.2 Å². The van der Waals surface area contributed by atoms with Gasteiger partial charge < -0.3 is 9.88 Å². The Kier molecular flexibility index (Phi) is 5.64. The van der Waals surface area contributed by atoms with Crippen LogP contribution in [0.2, 0.25) is 0 Å². The van der Waals surface area contributed by atoms with E-state index in [1.165, 1.54) is 27.7 Å². The van der Waals surface area contributed by atoms with Crippen LogP contribution in [0.3, 0.4) is 0 Å². The number of hydrogen-bond donors (Lipinski definition) is 1. The lowest BCUT2D eigenvalue weighted by molar-refractivity contribution is -0.131. The summed E-state index contributed by atoms with van der Waals surface area (Å²) in [7, 11) is -3.65. The summed E-state index contributed by atoms with van der Waals surface area (Å²) in [6.45, 7) is 1.54. The zero-order chi connectivity index (χ0) is 21.1. The van der Waals surface area contributed by atoms with E-state index in [2.05, 4.69) is 15.0 Å². The number of nitrogens with one attached hydrogen (secondary N) is 1. The minimum atomic E-state index is -3.65. The Bertz CT molecular complexity index is 1210. The van der Waals surface area contributed by atoms with Gasteiger partial charge in [0.25, 0.3) is 15.6 Å². The first-order chi connectivity index (χ1) is 14.5. The molecule has 0 atom stereocenters. The second-order valence-corrected chi connectivity index (χ2v) is 8.97. The Labute approximate surface area is 173 Å². The van der Waals surface area contributed by atoms with Crippen molar-refractivity contribution < 1.29 is 13.2 Å². The number of benzene rings is 1. The Morgan fingerprint density at radius 3 is 2.77 bits per heavy atom. The normalized spacial score (nSPS) is 15.9. The fraction of sp³-hybridized carbons (Fsp3) is 0.368. The second-order valence-electron chi connectivity index (χ2n) is 7.06. The molecule has 2 aromatic heterocycles. The third-order valence-electron chi connectivity index (χ3n) is 5.20. The van der Waals surface area contributed by atoms with Gasteiger partial charge in [-0.3, -0.25) is 14.2 Å². The quantitative estimate of drug-likeness (QED) is 0.627. The lowest BCUT2D eigenvalue weighted by atomic mass is 10.2. The van der Waals surface area contributed by atoms with Crippen molar-refractivity contribution in [3.8, 4) is 0 Å². The highest BCUT2D eigenvalue weighted by molar-refractivity contribution is 7.89. The van der Waals surface area contributed by atoms with Crippen molar-refractivity contribution in [2.75, 3.05) is 26.2 Å². The molecule has 1 fully saturated rings. The summed E-state index contributed by atoms with van der Waals surface area (Å²) in [4.78, 5) is 37.6. The zero-order valence-corrected chi connectivity index (χ0v) is 17.1. The first-order valence-corrected chi connectivity index (χ1v) is 11.1. The van der Waals surface area contributed by atoms with E-state index in [1.807, 2.05) is 6.07 Å². The van der Waals surface area contributed by atoms with Crippen LogP contribution >= 0.6 is 0 Å². The summed E-state index contributed by atoms with van der Waals surface area (Å²) in [5.41, 5.74) is 0.442. The van der Waals surface area contributed by atoms with Gasteiger partial charge in [0, 0.05) is 39.1 Å². The van der Waals surface area contributed by atoms with E-state index < -0.39 is 10.0 Å². The average molecular weight is 430 g/mol. The predicted octanol–water partition coefficient (Wildman–Crippen LogP) is 0.433. The van der Waals surface area contributed by atoms with E-state index in [-0.39, 0.29) is 36.0 Å². The van der Waals surface area contributed by atoms with Gasteiger partial charge in [-0.25, -0.2) is 18.4 Å². The molecule has 158 valence electrons. The Balaban J connectivity index is 1.39. The van der Waals surface area contributed by atoms with E-state index in [0.29, 0.717) is 37.0 Å². The van der Waals surface area contributed by atoms with E-state index >= 15 is 0 Å². The maximum atomic E-state index is 12.7. The zero-order valence-electron chi connectivity index (χ0n) is 16.3. The van der Waals surface area contributed by atoms with Crippen molar-refractivity contribution in [2.24, 2.45) is 0 Å². The molecule has 10 nitrogen and oxygen atoms in total. The maximum Gasteiger partial charge on any atom is 0.261 e. The Hall–Kier alpha value is -3.05. The largest absolute Gasteiger partial charge is 0.341 e. The molecule has 30 heavy (non-hydrogen) atoms. The molecule has 1 N–H and O–H groups in total. The smallest absolute Gasteiger partial charge is 0.261 e. The molecule has 1 aliphatic heterocycles. The first-order valence-electron chi connectivity index (χ1n) is 9.67. The summed E-state index contributed by atoms with van der Waals surface area (Å²) in [5, 5.41) is 0.562. The number of sulfonamides is 1. The number of carbonyl (C=O) groups excluding carboxylic acids is 1. The summed E-state index contributed by atoms with van der Waals surface area (Å²) < 4.78 is 28.1. The molecule has 1 aliphatic rings. The number of nitrogens with zero attached hydrogens (tertiary/aromatic N) is 5. The van der Waals surface area contributed by atoms with Gasteiger partial charge in [0.15, 0.2) is 5.03 Å². The molecular weight excluding hydrogens is 408 g/mol. The van der Waals surface area contributed by atoms with Crippen molar-refractivity contribution in [1.82, 2.24) is 28.7 Å². The lowest BCUT2D eigenvalue weighted by Gasteiger charge is -2.21. The second kappa shape index (κ2) is 8.36. The molecule has 0 radical (unpaired) electrons. The summed E-state index contributed by atoms with van der Waals surface area (Å²) >= 11 is 0. The summed E-state index contributed by atoms with van der Waals surface area (Å²) in [6, 6.07) is 7.08. The molecule has 3 heterocycles. The fourth-order valence-corrected chi connectivity index (χ4v) is 4.91. The number of rotatable bonds is 5. The molecule has 4 rings (SSSR count). The highest BCUT2D eigenvalue weighted by Gasteiger charge is 2.29. The Morgan fingerprint density at radius 1 is 1.13 bits per heavy atom. The van der Waals surface area contributed by atoms with E-state index in [9.17, 15) is 18.0 Å². The van der Waals surface area contributed by atoms with Crippen molar-refractivity contribution in [2.45, 2.75) is 24.4 Å². The molecule has 1 saturated heterocycles.